The second kappa shape index (κ2) is 9.56. The second-order valence-electron chi connectivity index (χ2n) is 5.22. The lowest BCUT2D eigenvalue weighted by molar-refractivity contribution is -0.121. The Kier molecular flexibility index (Phi) is 7.43. The van der Waals surface area contributed by atoms with Crippen molar-refractivity contribution >= 4 is 52.4 Å². The summed E-state index contributed by atoms with van der Waals surface area (Å²) in [5.41, 5.74) is 0.218. The minimum atomic E-state index is -0.916. The average molecular weight is 430 g/mol. The molecule has 0 heterocycles. The summed E-state index contributed by atoms with van der Waals surface area (Å²) in [5, 5.41) is 8.83. The highest BCUT2D eigenvalue weighted by atomic mass is 35.5. The number of halogens is 4. The fourth-order valence-electron chi connectivity index (χ4n) is 2.17. The lowest BCUT2D eigenvalue weighted by Gasteiger charge is -2.21. The molecule has 0 bridgehead atoms. The van der Waals surface area contributed by atoms with Gasteiger partial charge in [0.25, 0.3) is 5.91 Å². The van der Waals surface area contributed by atoms with Crippen molar-refractivity contribution in [2.75, 3.05) is 18.1 Å². The lowest BCUT2D eigenvalue weighted by atomic mass is 10.2. The van der Waals surface area contributed by atoms with Crippen molar-refractivity contribution in [3.63, 3.8) is 0 Å². The molecular formula is C18H12Cl3FN2O3. The zero-order valence-corrected chi connectivity index (χ0v) is 16.0. The average Bonchev–Trinajstić information content (AvgIpc) is 2.65. The molecule has 0 unspecified atom stereocenters. The van der Waals surface area contributed by atoms with Gasteiger partial charge in [-0.2, -0.15) is 5.26 Å². The van der Waals surface area contributed by atoms with E-state index in [1.54, 1.807) is 0 Å². The number of hydrogen-bond acceptors (Lipinski definition) is 4. The summed E-state index contributed by atoms with van der Waals surface area (Å²) in [6.45, 7) is -0.571. The van der Waals surface area contributed by atoms with Crippen LogP contribution < -0.4 is 4.90 Å². The first-order valence-corrected chi connectivity index (χ1v) is 8.72. The molecule has 0 atom stereocenters. The van der Waals surface area contributed by atoms with E-state index >= 15 is 0 Å². The summed E-state index contributed by atoms with van der Waals surface area (Å²) in [6.07, 6.45) is 0.0447. The molecule has 0 saturated heterocycles. The van der Waals surface area contributed by atoms with Crippen LogP contribution >= 0.6 is 34.8 Å². The number of amides is 1. The van der Waals surface area contributed by atoms with E-state index in [2.05, 4.69) is 0 Å². The van der Waals surface area contributed by atoms with E-state index in [0.29, 0.717) is 5.69 Å². The van der Waals surface area contributed by atoms with Gasteiger partial charge in [-0.3, -0.25) is 4.79 Å². The number of benzene rings is 2. The topological polar surface area (TPSA) is 70.4 Å². The molecule has 27 heavy (non-hydrogen) atoms. The van der Waals surface area contributed by atoms with Crippen LogP contribution in [-0.4, -0.2) is 25.0 Å². The summed E-state index contributed by atoms with van der Waals surface area (Å²) in [5.74, 6) is -1.98. The van der Waals surface area contributed by atoms with Crippen LogP contribution in [-0.2, 0) is 9.53 Å². The molecular weight excluding hydrogens is 418 g/mol. The van der Waals surface area contributed by atoms with E-state index in [4.69, 9.17) is 44.8 Å². The minimum absolute atomic E-state index is 0.0294. The smallest absolute Gasteiger partial charge is 0.341 e. The summed E-state index contributed by atoms with van der Waals surface area (Å²) in [7, 11) is 0. The summed E-state index contributed by atoms with van der Waals surface area (Å²) < 4.78 is 18.1. The number of carbonyl (C=O) groups is 2. The number of hydrogen-bond donors (Lipinski definition) is 0. The molecule has 0 aliphatic carbocycles. The van der Waals surface area contributed by atoms with Gasteiger partial charge in [-0.25, -0.2) is 9.18 Å². The summed E-state index contributed by atoms with van der Waals surface area (Å²) in [6, 6.07) is 9.86. The zero-order valence-electron chi connectivity index (χ0n) is 13.7. The van der Waals surface area contributed by atoms with E-state index in [0.717, 1.165) is 0 Å². The van der Waals surface area contributed by atoms with Gasteiger partial charge in [0.05, 0.1) is 33.1 Å². The van der Waals surface area contributed by atoms with Crippen LogP contribution in [0.3, 0.4) is 0 Å². The number of nitriles is 1. The molecule has 0 saturated carbocycles. The number of esters is 1. The number of ether oxygens (including phenoxy) is 1. The molecule has 0 radical (unpaired) electrons. The van der Waals surface area contributed by atoms with Crippen LogP contribution in [0.1, 0.15) is 16.8 Å². The molecule has 1 amide bonds. The highest BCUT2D eigenvalue weighted by Crippen LogP contribution is 2.31. The maximum absolute atomic E-state index is 13.1. The van der Waals surface area contributed by atoms with Gasteiger partial charge in [-0.1, -0.05) is 34.8 Å². The third-order valence-corrected chi connectivity index (χ3v) is 4.58. The summed E-state index contributed by atoms with van der Waals surface area (Å²) >= 11 is 17.8. The largest absolute Gasteiger partial charge is 0.452 e. The Morgan fingerprint density at radius 3 is 2.33 bits per heavy atom. The maximum atomic E-state index is 13.1. The normalized spacial score (nSPS) is 10.2. The van der Waals surface area contributed by atoms with Gasteiger partial charge in [-0.15, -0.1) is 0 Å². The van der Waals surface area contributed by atoms with Crippen molar-refractivity contribution in [2.24, 2.45) is 0 Å². The Bertz CT molecular complexity index is 898. The fraction of sp³-hybridized carbons (Fsp3) is 0.167. The molecule has 0 fully saturated rings. The number of rotatable bonds is 6. The number of nitrogens with zero attached hydrogens (tertiary/aromatic N) is 2. The quantitative estimate of drug-likeness (QED) is 0.484. The van der Waals surface area contributed by atoms with Crippen LogP contribution in [0.25, 0.3) is 0 Å². The van der Waals surface area contributed by atoms with Crippen molar-refractivity contribution in [3.05, 3.63) is 62.8 Å². The fourth-order valence-corrected chi connectivity index (χ4v) is 2.85. The van der Waals surface area contributed by atoms with Crippen LogP contribution in [0.4, 0.5) is 10.1 Å². The highest BCUT2D eigenvalue weighted by Gasteiger charge is 2.22. The zero-order chi connectivity index (χ0) is 20.0. The van der Waals surface area contributed by atoms with Crippen LogP contribution in [0.5, 0.6) is 0 Å². The predicted molar refractivity (Wildman–Crippen MR) is 101 cm³/mol. The SMILES string of the molecule is N#CCCN(C(=O)COC(=O)c1c(Cl)ccc(Cl)c1Cl)c1ccc(F)cc1. The Balaban J connectivity index is 2.14. The second-order valence-corrected chi connectivity index (χ2v) is 6.42. The Hall–Kier alpha value is -2.33. The molecule has 140 valence electrons. The van der Waals surface area contributed by atoms with Crippen LogP contribution in [0.2, 0.25) is 15.1 Å². The number of carbonyl (C=O) groups excluding carboxylic acids is 2. The molecule has 2 aromatic rings. The van der Waals surface area contributed by atoms with Crippen LogP contribution in [0, 0.1) is 17.1 Å². The predicted octanol–water partition coefficient (Wildman–Crippen LogP) is 4.89. The number of anilines is 1. The van der Waals surface area contributed by atoms with Crippen molar-refractivity contribution in [3.8, 4) is 6.07 Å². The first-order valence-electron chi connectivity index (χ1n) is 7.58. The van der Waals surface area contributed by atoms with E-state index in [-0.39, 0.29) is 33.6 Å². The van der Waals surface area contributed by atoms with Gasteiger partial charge in [0.15, 0.2) is 6.61 Å². The highest BCUT2D eigenvalue weighted by molar-refractivity contribution is 6.46. The minimum Gasteiger partial charge on any atom is -0.452 e. The molecule has 0 aromatic heterocycles. The first-order chi connectivity index (χ1) is 12.8. The molecule has 2 aromatic carbocycles. The van der Waals surface area contributed by atoms with E-state index in [1.807, 2.05) is 6.07 Å². The molecule has 0 aliphatic heterocycles. The van der Waals surface area contributed by atoms with Gasteiger partial charge in [-0.05, 0) is 36.4 Å². The van der Waals surface area contributed by atoms with Gasteiger partial charge in [0, 0.05) is 12.2 Å². The van der Waals surface area contributed by atoms with Crippen LogP contribution in [0.15, 0.2) is 36.4 Å². The Morgan fingerprint density at radius 1 is 1.07 bits per heavy atom. The molecule has 5 nitrogen and oxygen atoms in total. The Labute approximate surface area is 169 Å². The molecule has 2 rings (SSSR count). The Morgan fingerprint density at radius 2 is 1.70 bits per heavy atom. The lowest BCUT2D eigenvalue weighted by Crippen LogP contribution is -2.35. The standard InChI is InChI=1S/C18H12Cl3FN2O3/c19-13-6-7-14(20)17(21)16(13)18(26)27-10-15(25)24(9-1-8-23)12-4-2-11(22)3-5-12/h2-7H,1,9-10H2. The van der Waals surface area contributed by atoms with Crippen molar-refractivity contribution in [2.45, 2.75) is 6.42 Å². The van der Waals surface area contributed by atoms with Gasteiger partial charge >= 0.3 is 5.97 Å². The van der Waals surface area contributed by atoms with Crippen molar-refractivity contribution in [1.82, 2.24) is 0 Å². The van der Waals surface area contributed by atoms with Gasteiger partial charge < -0.3 is 9.64 Å². The third-order valence-electron chi connectivity index (χ3n) is 3.46. The molecule has 0 aliphatic rings. The first kappa shape index (κ1) is 21.0. The monoisotopic (exact) mass is 428 g/mol. The molecule has 0 spiro atoms. The van der Waals surface area contributed by atoms with Gasteiger partial charge in [0.2, 0.25) is 0 Å². The summed E-state index contributed by atoms with van der Waals surface area (Å²) in [4.78, 5) is 25.9. The maximum Gasteiger partial charge on any atom is 0.341 e. The van der Waals surface area contributed by atoms with Crippen molar-refractivity contribution in [1.29, 1.82) is 5.26 Å². The molecule has 9 heteroatoms. The van der Waals surface area contributed by atoms with E-state index in [9.17, 15) is 14.0 Å². The van der Waals surface area contributed by atoms with E-state index in [1.165, 1.54) is 41.3 Å². The third kappa shape index (κ3) is 5.33. The van der Waals surface area contributed by atoms with E-state index < -0.39 is 24.3 Å². The molecule has 0 N–H and O–H groups in total. The van der Waals surface area contributed by atoms with Gasteiger partial charge in [0.1, 0.15) is 5.82 Å². The van der Waals surface area contributed by atoms with Crippen molar-refractivity contribution < 1.29 is 18.7 Å².